The maximum Gasteiger partial charge on any atom is 0.224 e. The van der Waals surface area contributed by atoms with E-state index >= 15 is 0 Å². The first kappa shape index (κ1) is 13.6. The minimum atomic E-state index is 0.503. The number of anilines is 3. The lowest BCUT2D eigenvalue weighted by Gasteiger charge is -2.10. The van der Waals surface area contributed by atoms with Gasteiger partial charge in [-0.25, -0.2) is 4.98 Å². The Bertz CT molecular complexity index is 557. The SMILES string of the molecule is CCCNc1ncc(Cl)c(Nc2cccc(C)c2)n1. The molecule has 0 bridgehead atoms. The molecule has 0 fully saturated rings. The Morgan fingerprint density at radius 3 is 2.89 bits per heavy atom. The van der Waals surface area contributed by atoms with Gasteiger partial charge < -0.3 is 10.6 Å². The van der Waals surface area contributed by atoms with Crippen LogP contribution in [0.2, 0.25) is 5.02 Å². The molecule has 4 nitrogen and oxygen atoms in total. The minimum Gasteiger partial charge on any atom is -0.354 e. The van der Waals surface area contributed by atoms with Crippen LogP contribution in [0.3, 0.4) is 0 Å². The van der Waals surface area contributed by atoms with Crippen LogP contribution in [0, 0.1) is 6.92 Å². The van der Waals surface area contributed by atoms with Crippen LogP contribution in [0.1, 0.15) is 18.9 Å². The van der Waals surface area contributed by atoms with Crippen LogP contribution in [0.15, 0.2) is 30.5 Å². The highest BCUT2D eigenvalue weighted by Gasteiger charge is 2.05. The zero-order valence-corrected chi connectivity index (χ0v) is 11.8. The largest absolute Gasteiger partial charge is 0.354 e. The average molecular weight is 277 g/mol. The van der Waals surface area contributed by atoms with E-state index < -0.39 is 0 Å². The number of rotatable bonds is 5. The highest BCUT2D eigenvalue weighted by molar-refractivity contribution is 6.32. The summed E-state index contributed by atoms with van der Waals surface area (Å²) in [7, 11) is 0. The van der Waals surface area contributed by atoms with Gasteiger partial charge in [-0.3, -0.25) is 0 Å². The number of aromatic nitrogens is 2. The first-order valence-electron chi connectivity index (χ1n) is 6.29. The predicted octanol–water partition coefficient (Wildman–Crippen LogP) is 4.00. The summed E-state index contributed by atoms with van der Waals surface area (Å²) in [6, 6.07) is 8.05. The highest BCUT2D eigenvalue weighted by Crippen LogP contribution is 2.24. The summed E-state index contributed by atoms with van der Waals surface area (Å²) in [4.78, 5) is 8.51. The molecule has 100 valence electrons. The standard InChI is InChI=1S/C14H17ClN4/c1-3-7-16-14-17-9-12(15)13(19-14)18-11-6-4-5-10(2)8-11/h4-6,8-9H,3,7H2,1-2H3,(H2,16,17,18,19). The molecule has 19 heavy (non-hydrogen) atoms. The van der Waals surface area contributed by atoms with Crippen LogP contribution in [-0.2, 0) is 0 Å². The smallest absolute Gasteiger partial charge is 0.224 e. The first-order chi connectivity index (χ1) is 9.19. The molecule has 0 atom stereocenters. The molecule has 0 aliphatic carbocycles. The summed E-state index contributed by atoms with van der Waals surface area (Å²) in [5, 5.41) is 6.85. The van der Waals surface area contributed by atoms with E-state index in [-0.39, 0.29) is 0 Å². The van der Waals surface area contributed by atoms with Gasteiger partial charge in [0.05, 0.1) is 6.20 Å². The molecular formula is C14H17ClN4. The van der Waals surface area contributed by atoms with Crippen molar-refractivity contribution in [3.63, 3.8) is 0 Å². The molecule has 0 aliphatic rings. The van der Waals surface area contributed by atoms with Gasteiger partial charge in [0.15, 0.2) is 5.82 Å². The van der Waals surface area contributed by atoms with Crippen LogP contribution in [-0.4, -0.2) is 16.5 Å². The summed E-state index contributed by atoms with van der Waals surface area (Å²) >= 11 is 6.10. The summed E-state index contributed by atoms with van der Waals surface area (Å²) in [6.45, 7) is 4.97. The van der Waals surface area contributed by atoms with Crippen molar-refractivity contribution < 1.29 is 0 Å². The molecule has 0 amide bonds. The third-order valence-electron chi connectivity index (χ3n) is 2.56. The molecule has 2 rings (SSSR count). The van der Waals surface area contributed by atoms with Crippen molar-refractivity contribution in [2.45, 2.75) is 20.3 Å². The Morgan fingerprint density at radius 1 is 1.32 bits per heavy atom. The van der Waals surface area contributed by atoms with Crippen LogP contribution in [0.4, 0.5) is 17.5 Å². The van der Waals surface area contributed by atoms with Gasteiger partial charge in [0.1, 0.15) is 5.02 Å². The Kier molecular flexibility index (Phi) is 4.58. The number of hydrogen-bond acceptors (Lipinski definition) is 4. The van der Waals surface area contributed by atoms with E-state index in [1.807, 2.05) is 31.2 Å². The van der Waals surface area contributed by atoms with E-state index in [0.717, 1.165) is 18.7 Å². The van der Waals surface area contributed by atoms with Crippen molar-refractivity contribution in [1.29, 1.82) is 0 Å². The van der Waals surface area contributed by atoms with Crippen LogP contribution >= 0.6 is 11.6 Å². The molecule has 1 heterocycles. The Labute approximate surface area is 118 Å². The topological polar surface area (TPSA) is 49.8 Å². The molecular weight excluding hydrogens is 260 g/mol. The fourth-order valence-electron chi connectivity index (χ4n) is 1.64. The van der Waals surface area contributed by atoms with Gasteiger partial charge in [0.25, 0.3) is 0 Å². The molecule has 2 N–H and O–H groups in total. The number of nitrogens with zero attached hydrogens (tertiary/aromatic N) is 2. The predicted molar refractivity (Wildman–Crippen MR) is 80.3 cm³/mol. The number of benzene rings is 1. The van der Waals surface area contributed by atoms with Gasteiger partial charge >= 0.3 is 0 Å². The van der Waals surface area contributed by atoms with Gasteiger partial charge in [0.2, 0.25) is 5.95 Å². The number of aryl methyl sites for hydroxylation is 1. The minimum absolute atomic E-state index is 0.503. The third-order valence-corrected chi connectivity index (χ3v) is 2.83. The van der Waals surface area contributed by atoms with E-state index in [9.17, 15) is 0 Å². The van der Waals surface area contributed by atoms with Crippen LogP contribution < -0.4 is 10.6 Å². The molecule has 0 saturated carbocycles. The summed E-state index contributed by atoms with van der Waals surface area (Å²) in [5.74, 6) is 1.20. The molecule has 1 aromatic heterocycles. The second-order valence-electron chi connectivity index (χ2n) is 4.31. The van der Waals surface area contributed by atoms with Crippen molar-refractivity contribution in [2.24, 2.45) is 0 Å². The number of halogens is 1. The second kappa shape index (κ2) is 6.38. The van der Waals surface area contributed by atoms with Crippen molar-refractivity contribution in [3.8, 4) is 0 Å². The van der Waals surface area contributed by atoms with Crippen molar-refractivity contribution >= 4 is 29.1 Å². The Morgan fingerprint density at radius 2 is 2.16 bits per heavy atom. The van der Waals surface area contributed by atoms with Gasteiger partial charge in [0, 0.05) is 12.2 Å². The van der Waals surface area contributed by atoms with Crippen molar-refractivity contribution in [1.82, 2.24) is 9.97 Å². The monoisotopic (exact) mass is 276 g/mol. The van der Waals surface area contributed by atoms with E-state index in [0.29, 0.717) is 16.8 Å². The van der Waals surface area contributed by atoms with E-state index in [4.69, 9.17) is 11.6 Å². The Hall–Kier alpha value is -1.81. The normalized spacial score (nSPS) is 10.3. The molecule has 2 aromatic rings. The highest BCUT2D eigenvalue weighted by atomic mass is 35.5. The number of hydrogen-bond donors (Lipinski definition) is 2. The molecule has 0 aliphatic heterocycles. The summed E-state index contributed by atoms with van der Waals surface area (Å²) in [6.07, 6.45) is 2.62. The fourth-order valence-corrected chi connectivity index (χ4v) is 1.77. The lowest BCUT2D eigenvalue weighted by atomic mass is 10.2. The van der Waals surface area contributed by atoms with Gasteiger partial charge in [-0.05, 0) is 31.0 Å². The molecule has 1 aromatic carbocycles. The van der Waals surface area contributed by atoms with E-state index in [2.05, 4.69) is 27.5 Å². The van der Waals surface area contributed by atoms with Gasteiger partial charge in [-0.1, -0.05) is 30.7 Å². The van der Waals surface area contributed by atoms with Gasteiger partial charge in [-0.15, -0.1) is 0 Å². The molecule has 0 radical (unpaired) electrons. The summed E-state index contributed by atoms with van der Waals surface area (Å²) in [5.41, 5.74) is 2.14. The van der Waals surface area contributed by atoms with Gasteiger partial charge in [-0.2, -0.15) is 4.98 Å². The maximum atomic E-state index is 6.10. The van der Waals surface area contributed by atoms with Crippen LogP contribution in [0.5, 0.6) is 0 Å². The van der Waals surface area contributed by atoms with Crippen molar-refractivity contribution in [2.75, 3.05) is 17.2 Å². The molecule has 5 heteroatoms. The lowest BCUT2D eigenvalue weighted by Crippen LogP contribution is -2.06. The summed E-state index contributed by atoms with van der Waals surface area (Å²) < 4.78 is 0. The zero-order valence-electron chi connectivity index (χ0n) is 11.1. The van der Waals surface area contributed by atoms with E-state index in [1.54, 1.807) is 6.20 Å². The van der Waals surface area contributed by atoms with E-state index in [1.165, 1.54) is 5.56 Å². The molecule has 0 spiro atoms. The van der Waals surface area contributed by atoms with Crippen molar-refractivity contribution in [3.05, 3.63) is 41.0 Å². The first-order valence-corrected chi connectivity index (χ1v) is 6.67. The average Bonchev–Trinajstić information content (AvgIpc) is 2.40. The Balaban J connectivity index is 2.19. The maximum absolute atomic E-state index is 6.10. The lowest BCUT2D eigenvalue weighted by molar-refractivity contribution is 0.953. The zero-order chi connectivity index (χ0) is 13.7. The quantitative estimate of drug-likeness (QED) is 0.866. The molecule has 0 unspecified atom stereocenters. The van der Waals surface area contributed by atoms with Crippen LogP contribution in [0.25, 0.3) is 0 Å². The number of nitrogens with one attached hydrogen (secondary N) is 2. The second-order valence-corrected chi connectivity index (χ2v) is 4.72. The third kappa shape index (κ3) is 3.83. The molecule has 0 saturated heterocycles. The fraction of sp³-hybridized carbons (Fsp3) is 0.286.